The lowest BCUT2D eigenvalue weighted by atomic mass is 10.1. The zero-order valence-electron chi connectivity index (χ0n) is 13.3. The molecule has 1 amide bonds. The third-order valence-electron chi connectivity index (χ3n) is 3.06. The normalized spacial score (nSPS) is 12.9. The molecule has 21 heavy (non-hydrogen) atoms. The summed E-state index contributed by atoms with van der Waals surface area (Å²) in [6.45, 7) is 9.63. The van der Waals surface area contributed by atoms with Gasteiger partial charge in [0.2, 0.25) is 0 Å². The summed E-state index contributed by atoms with van der Waals surface area (Å²) in [5.41, 5.74) is -0.0469. The second-order valence-electron chi connectivity index (χ2n) is 5.83. The van der Waals surface area contributed by atoms with E-state index in [-0.39, 0.29) is 12.5 Å². The number of rotatable bonds is 6. The predicted octanol–water partition coefficient (Wildman–Crippen LogP) is 3.04. The van der Waals surface area contributed by atoms with Crippen LogP contribution in [0.2, 0.25) is 5.02 Å². The van der Waals surface area contributed by atoms with E-state index < -0.39 is 11.7 Å². The summed E-state index contributed by atoms with van der Waals surface area (Å²) in [6, 6.07) is 5.28. The highest BCUT2D eigenvalue weighted by Crippen LogP contribution is 2.23. The Balaban J connectivity index is 2.77. The van der Waals surface area contributed by atoms with E-state index in [9.17, 15) is 9.90 Å². The van der Waals surface area contributed by atoms with Crippen molar-refractivity contribution in [2.24, 2.45) is 0 Å². The lowest BCUT2D eigenvalue weighted by molar-refractivity contribution is -0.140. The predicted molar refractivity (Wildman–Crippen MR) is 84.8 cm³/mol. The zero-order valence-corrected chi connectivity index (χ0v) is 14.1. The van der Waals surface area contributed by atoms with Crippen molar-refractivity contribution >= 4 is 17.5 Å². The Morgan fingerprint density at radius 1 is 1.48 bits per heavy atom. The Labute approximate surface area is 131 Å². The number of aliphatic hydroxyl groups is 1. The number of carbonyl (C=O) groups excluding carboxylic acids is 1. The quantitative estimate of drug-likeness (QED) is 0.878. The summed E-state index contributed by atoms with van der Waals surface area (Å²) in [5.74, 6) is 0.494. The summed E-state index contributed by atoms with van der Waals surface area (Å²) in [7, 11) is 0. The number of benzene rings is 1. The molecule has 0 spiro atoms. The monoisotopic (exact) mass is 313 g/mol. The molecule has 1 aromatic carbocycles. The summed E-state index contributed by atoms with van der Waals surface area (Å²) in [6.07, 6.45) is -0.618. The van der Waals surface area contributed by atoms with Crippen molar-refractivity contribution in [2.45, 2.75) is 46.3 Å². The number of likely N-dealkylation sites (N-methyl/N-ethyl adjacent to an activating group) is 1. The minimum Gasteiger partial charge on any atom is -0.481 e. The molecule has 0 fully saturated rings. The van der Waals surface area contributed by atoms with Gasteiger partial charge < -0.3 is 14.7 Å². The summed E-state index contributed by atoms with van der Waals surface area (Å²) in [5, 5.41) is 10.5. The van der Waals surface area contributed by atoms with E-state index >= 15 is 0 Å². The number of nitrogens with zero attached hydrogens (tertiary/aromatic N) is 1. The van der Waals surface area contributed by atoms with Gasteiger partial charge in [-0.2, -0.15) is 0 Å². The van der Waals surface area contributed by atoms with Gasteiger partial charge in [-0.25, -0.2) is 0 Å². The summed E-state index contributed by atoms with van der Waals surface area (Å²) >= 11 is 5.90. The van der Waals surface area contributed by atoms with E-state index in [1.807, 2.05) is 13.8 Å². The molecule has 5 heteroatoms. The second-order valence-corrected chi connectivity index (χ2v) is 6.27. The number of halogens is 1. The maximum Gasteiger partial charge on any atom is 0.263 e. The van der Waals surface area contributed by atoms with Crippen molar-refractivity contribution in [1.82, 2.24) is 4.90 Å². The Kier molecular flexibility index (Phi) is 6.05. The van der Waals surface area contributed by atoms with E-state index in [0.29, 0.717) is 17.3 Å². The van der Waals surface area contributed by atoms with E-state index in [0.717, 1.165) is 5.56 Å². The van der Waals surface area contributed by atoms with Crippen molar-refractivity contribution < 1.29 is 14.6 Å². The molecule has 1 N–H and O–H groups in total. The number of carbonyl (C=O) groups is 1. The van der Waals surface area contributed by atoms with Crippen molar-refractivity contribution in [3.8, 4) is 5.75 Å². The van der Waals surface area contributed by atoms with Crippen LogP contribution in [0.3, 0.4) is 0 Å². The van der Waals surface area contributed by atoms with Gasteiger partial charge >= 0.3 is 0 Å². The van der Waals surface area contributed by atoms with Crippen molar-refractivity contribution in [3.05, 3.63) is 28.8 Å². The highest BCUT2D eigenvalue weighted by molar-refractivity contribution is 6.30. The molecule has 1 aromatic rings. The van der Waals surface area contributed by atoms with E-state index in [1.54, 1.807) is 43.9 Å². The molecule has 1 rings (SSSR count). The topological polar surface area (TPSA) is 49.8 Å². The number of hydrogen-bond acceptors (Lipinski definition) is 3. The molecule has 4 nitrogen and oxygen atoms in total. The van der Waals surface area contributed by atoms with Crippen LogP contribution in [0, 0.1) is 6.92 Å². The molecule has 0 aliphatic heterocycles. The largest absolute Gasteiger partial charge is 0.481 e. The zero-order chi connectivity index (χ0) is 16.2. The van der Waals surface area contributed by atoms with Gasteiger partial charge in [0, 0.05) is 18.1 Å². The molecule has 0 aromatic heterocycles. The molecule has 0 aliphatic carbocycles. The SMILES string of the molecule is CCN(CC(C)(C)O)C(=O)C(C)Oc1ccc(Cl)cc1C. The fourth-order valence-electron chi connectivity index (χ4n) is 2.06. The van der Waals surface area contributed by atoms with E-state index in [4.69, 9.17) is 16.3 Å². The number of ether oxygens (including phenoxy) is 1. The van der Waals surface area contributed by atoms with Crippen LogP contribution in [0.25, 0.3) is 0 Å². The van der Waals surface area contributed by atoms with Gasteiger partial charge in [0.25, 0.3) is 5.91 Å². The minimum absolute atomic E-state index is 0.144. The van der Waals surface area contributed by atoms with Crippen LogP contribution in [-0.4, -0.2) is 40.7 Å². The lowest BCUT2D eigenvalue weighted by Gasteiger charge is -2.30. The molecule has 0 saturated carbocycles. The summed E-state index contributed by atoms with van der Waals surface area (Å²) in [4.78, 5) is 14.0. The highest BCUT2D eigenvalue weighted by atomic mass is 35.5. The Bertz CT molecular complexity index is 497. The first-order valence-corrected chi connectivity index (χ1v) is 7.46. The van der Waals surface area contributed by atoms with Crippen LogP contribution in [0.1, 0.15) is 33.3 Å². The standard InChI is InChI=1S/C16H24ClNO3/c1-6-18(10-16(4,5)20)15(19)12(3)21-14-8-7-13(17)9-11(14)2/h7-9,12,20H,6,10H2,1-5H3. The van der Waals surface area contributed by atoms with Gasteiger partial charge in [-0.05, 0) is 58.4 Å². The van der Waals surface area contributed by atoms with Gasteiger partial charge in [-0.3, -0.25) is 4.79 Å². The first kappa shape index (κ1) is 17.8. The Morgan fingerprint density at radius 3 is 2.57 bits per heavy atom. The third kappa shape index (κ3) is 5.56. The van der Waals surface area contributed by atoms with Crippen LogP contribution in [-0.2, 0) is 4.79 Å². The molecule has 0 bridgehead atoms. The highest BCUT2D eigenvalue weighted by Gasteiger charge is 2.26. The van der Waals surface area contributed by atoms with Crippen molar-refractivity contribution in [1.29, 1.82) is 0 Å². The molecular weight excluding hydrogens is 290 g/mol. The lowest BCUT2D eigenvalue weighted by Crippen LogP contribution is -2.47. The fourth-order valence-corrected chi connectivity index (χ4v) is 2.28. The van der Waals surface area contributed by atoms with Gasteiger partial charge in [0.15, 0.2) is 6.10 Å². The van der Waals surface area contributed by atoms with Crippen LogP contribution in [0.15, 0.2) is 18.2 Å². The van der Waals surface area contributed by atoms with Gasteiger partial charge in [-0.1, -0.05) is 11.6 Å². The first-order valence-electron chi connectivity index (χ1n) is 7.08. The maximum absolute atomic E-state index is 12.4. The van der Waals surface area contributed by atoms with Crippen LogP contribution in [0.4, 0.5) is 0 Å². The third-order valence-corrected chi connectivity index (χ3v) is 3.29. The van der Waals surface area contributed by atoms with Crippen LogP contribution >= 0.6 is 11.6 Å². The second kappa shape index (κ2) is 7.14. The van der Waals surface area contributed by atoms with Crippen LogP contribution in [0.5, 0.6) is 5.75 Å². The van der Waals surface area contributed by atoms with E-state index in [2.05, 4.69) is 0 Å². The van der Waals surface area contributed by atoms with E-state index in [1.165, 1.54) is 0 Å². The maximum atomic E-state index is 12.4. The first-order chi connectivity index (χ1) is 9.64. The molecule has 0 saturated heterocycles. The smallest absolute Gasteiger partial charge is 0.263 e. The van der Waals surface area contributed by atoms with Gasteiger partial charge in [0.05, 0.1) is 5.60 Å². The van der Waals surface area contributed by atoms with Crippen LogP contribution < -0.4 is 4.74 Å². The van der Waals surface area contributed by atoms with Gasteiger partial charge in [-0.15, -0.1) is 0 Å². The average Bonchev–Trinajstić information content (AvgIpc) is 2.37. The van der Waals surface area contributed by atoms with Gasteiger partial charge in [0.1, 0.15) is 5.75 Å². The van der Waals surface area contributed by atoms with Crippen molar-refractivity contribution in [2.75, 3.05) is 13.1 Å². The summed E-state index contributed by atoms with van der Waals surface area (Å²) < 4.78 is 5.73. The number of hydrogen-bond donors (Lipinski definition) is 1. The molecule has 0 radical (unpaired) electrons. The number of amides is 1. The Hall–Kier alpha value is -1.26. The van der Waals surface area contributed by atoms with Crippen molar-refractivity contribution in [3.63, 3.8) is 0 Å². The Morgan fingerprint density at radius 2 is 2.10 bits per heavy atom. The molecule has 1 atom stereocenters. The number of aryl methyl sites for hydroxylation is 1. The molecule has 1 unspecified atom stereocenters. The molecule has 118 valence electrons. The fraction of sp³-hybridized carbons (Fsp3) is 0.562. The molecular formula is C16H24ClNO3. The molecule has 0 heterocycles. The minimum atomic E-state index is -0.929. The average molecular weight is 314 g/mol. The molecule has 0 aliphatic rings.